The quantitative estimate of drug-likeness (QED) is 0.398. The van der Waals surface area contributed by atoms with Gasteiger partial charge in [-0.05, 0) is 54.4 Å². The monoisotopic (exact) mass is 440 g/mol. The number of likely N-dealkylation sites (N-methyl/N-ethyl adjacent to an activating group) is 1. The summed E-state index contributed by atoms with van der Waals surface area (Å²) < 4.78 is 10.7. The predicted molar refractivity (Wildman–Crippen MR) is 114 cm³/mol. The maximum Gasteiger partial charge on any atom is 0.411 e. The second-order valence-electron chi connectivity index (χ2n) is 9.30. The number of nitrogens with two attached hydrogens (primary N) is 2. The van der Waals surface area contributed by atoms with E-state index in [9.17, 15) is 19.2 Å². The number of amides is 1. The van der Waals surface area contributed by atoms with Gasteiger partial charge in [-0.15, -0.1) is 0 Å². The SMILES string of the molecule is CCC(N)C(=O)[C@@](C(=O)OC(C)(C)C)(C(=O)C(N)CCC#N)N(C)C(=O)OC(C)(C)C. The first-order valence-electron chi connectivity index (χ1n) is 10.1. The molecule has 0 aliphatic heterocycles. The van der Waals surface area contributed by atoms with Crippen molar-refractivity contribution in [2.45, 2.75) is 96.6 Å². The Labute approximate surface area is 184 Å². The highest BCUT2D eigenvalue weighted by Gasteiger charge is 2.62. The zero-order chi connectivity index (χ0) is 24.8. The molecule has 4 N–H and O–H groups in total. The molecule has 0 bridgehead atoms. The van der Waals surface area contributed by atoms with Gasteiger partial charge >= 0.3 is 12.1 Å². The number of ketones is 2. The lowest BCUT2D eigenvalue weighted by molar-refractivity contribution is -0.175. The Morgan fingerprint density at radius 3 is 1.77 bits per heavy atom. The number of ether oxygens (including phenoxy) is 2. The third kappa shape index (κ3) is 7.29. The molecule has 0 aliphatic rings. The van der Waals surface area contributed by atoms with Crippen molar-refractivity contribution in [3.8, 4) is 6.07 Å². The van der Waals surface area contributed by atoms with Crippen LogP contribution in [0, 0.1) is 11.3 Å². The van der Waals surface area contributed by atoms with Crippen molar-refractivity contribution in [3.05, 3.63) is 0 Å². The van der Waals surface area contributed by atoms with Crippen molar-refractivity contribution in [1.82, 2.24) is 4.90 Å². The van der Waals surface area contributed by atoms with E-state index >= 15 is 0 Å². The second kappa shape index (κ2) is 10.7. The minimum Gasteiger partial charge on any atom is -0.458 e. The Hall–Kier alpha value is -2.51. The molecule has 0 radical (unpaired) electrons. The van der Waals surface area contributed by atoms with E-state index in [4.69, 9.17) is 26.2 Å². The summed E-state index contributed by atoms with van der Waals surface area (Å²) in [6, 6.07) is -0.802. The minimum atomic E-state index is -2.76. The van der Waals surface area contributed by atoms with Gasteiger partial charge in [-0.25, -0.2) is 9.59 Å². The van der Waals surface area contributed by atoms with Gasteiger partial charge in [0.15, 0.2) is 11.6 Å². The van der Waals surface area contributed by atoms with Crippen molar-refractivity contribution in [1.29, 1.82) is 5.26 Å². The molecule has 0 heterocycles. The first-order chi connectivity index (χ1) is 14.0. The molecule has 10 nitrogen and oxygen atoms in total. The number of hydrogen-bond acceptors (Lipinski definition) is 9. The zero-order valence-corrected chi connectivity index (χ0v) is 19.8. The minimum absolute atomic E-state index is 0.0895. The fourth-order valence-corrected chi connectivity index (χ4v) is 2.68. The van der Waals surface area contributed by atoms with Gasteiger partial charge < -0.3 is 20.9 Å². The predicted octanol–water partition coefficient (Wildman–Crippen LogP) is 1.44. The summed E-state index contributed by atoms with van der Waals surface area (Å²) >= 11 is 0. The molecule has 2 unspecified atom stereocenters. The van der Waals surface area contributed by atoms with Gasteiger partial charge in [-0.2, -0.15) is 5.26 Å². The lowest BCUT2D eigenvalue weighted by atomic mass is 9.79. The zero-order valence-electron chi connectivity index (χ0n) is 19.8. The highest BCUT2D eigenvalue weighted by molar-refractivity contribution is 6.31. The van der Waals surface area contributed by atoms with Crippen molar-refractivity contribution < 1.29 is 28.7 Å². The number of carbonyl (C=O) groups is 4. The Morgan fingerprint density at radius 2 is 1.39 bits per heavy atom. The molecule has 3 atom stereocenters. The molecule has 10 heteroatoms. The molecule has 176 valence electrons. The summed E-state index contributed by atoms with van der Waals surface area (Å²) in [5.41, 5.74) is 7.05. The van der Waals surface area contributed by atoms with Gasteiger partial charge in [0.25, 0.3) is 5.54 Å². The molecule has 1 amide bonds. The second-order valence-corrected chi connectivity index (χ2v) is 9.30. The van der Waals surface area contributed by atoms with Crippen LogP contribution in [-0.2, 0) is 23.9 Å². The van der Waals surface area contributed by atoms with Crippen molar-refractivity contribution in [2.24, 2.45) is 11.5 Å². The van der Waals surface area contributed by atoms with Crippen LogP contribution in [0.4, 0.5) is 4.79 Å². The van der Waals surface area contributed by atoms with E-state index in [-0.39, 0.29) is 19.3 Å². The average molecular weight is 441 g/mol. The van der Waals surface area contributed by atoms with Gasteiger partial charge in [-0.1, -0.05) is 6.92 Å². The van der Waals surface area contributed by atoms with E-state index in [1.165, 1.54) is 0 Å². The number of rotatable bonds is 9. The first-order valence-corrected chi connectivity index (χ1v) is 10.1. The van der Waals surface area contributed by atoms with Crippen LogP contribution in [0.1, 0.15) is 67.7 Å². The average Bonchev–Trinajstić information content (AvgIpc) is 2.62. The third-order valence-electron chi connectivity index (χ3n) is 4.26. The molecule has 0 aliphatic carbocycles. The molecule has 0 spiro atoms. The van der Waals surface area contributed by atoms with Gasteiger partial charge in [0.05, 0.1) is 18.2 Å². The maximum absolute atomic E-state index is 13.5. The molecular weight excluding hydrogens is 404 g/mol. The van der Waals surface area contributed by atoms with Crippen molar-refractivity contribution in [3.63, 3.8) is 0 Å². The highest BCUT2D eigenvalue weighted by Crippen LogP contribution is 2.28. The largest absolute Gasteiger partial charge is 0.458 e. The van der Waals surface area contributed by atoms with E-state index in [0.29, 0.717) is 4.90 Å². The van der Waals surface area contributed by atoms with Crippen LogP contribution >= 0.6 is 0 Å². The number of nitriles is 1. The summed E-state index contributed by atoms with van der Waals surface area (Å²) in [4.78, 5) is 53.8. The number of nitrogens with zero attached hydrogens (tertiary/aromatic N) is 2. The summed E-state index contributed by atoms with van der Waals surface area (Å²) in [5, 5.41) is 8.84. The standard InChI is InChI=1S/C21H36N4O6/c1-9-13(23)15(26)21(17(28)30-19(2,3)4,16(27)14(24)11-10-12-22)25(8)18(29)31-20(5,6)7/h13-14H,9-11,23-24H2,1-8H3/t13?,14?,21-/m0/s1. The van der Waals surface area contributed by atoms with Crippen LogP contribution in [0.2, 0.25) is 0 Å². The molecule has 0 saturated heterocycles. The number of Topliss-reactive ketones (excluding diaryl/α,β-unsaturated/α-hetero) is 2. The van der Waals surface area contributed by atoms with E-state index in [2.05, 4.69) is 0 Å². The number of carbonyl (C=O) groups excluding carboxylic acids is 4. The van der Waals surface area contributed by atoms with Gasteiger partial charge in [-0.3, -0.25) is 14.5 Å². The van der Waals surface area contributed by atoms with Crippen LogP contribution < -0.4 is 11.5 Å². The van der Waals surface area contributed by atoms with Crippen molar-refractivity contribution in [2.75, 3.05) is 7.05 Å². The fourth-order valence-electron chi connectivity index (χ4n) is 2.68. The number of hydrogen-bond donors (Lipinski definition) is 2. The lowest BCUT2D eigenvalue weighted by Gasteiger charge is -2.41. The van der Waals surface area contributed by atoms with Gasteiger partial charge in [0, 0.05) is 13.5 Å². The summed E-state index contributed by atoms with van der Waals surface area (Å²) in [5.74, 6) is -3.39. The molecular formula is C21H36N4O6. The first kappa shape index (κ1) is 28.5. The van der Waals surface area contributed by atoms with Crippen LogP contribution in [0.15, 0.2) is 0 Å². The van der Waals surface area contributed by atoms with Crippen LogP contribution in [-0.4, -0.2) is 64.4 Å². The topological polar surface area (TPSA) is 166 Å². The molecule has 0 aromatic heterocycles. The van der Waals surface area contributed by atoms with Gasteiger partial charge in [0.2, 0.25) is 0 Å². The normalized spacial score (nSPS) is 15.6. The van der Waals surface area contributed by atoms with Gasteiger partial charge in [0.1, 0.15) is 11.2 Å². The molecule has 31 heavy (non-hydrogen) atoms. The Kier molecular flexibility index (Phi) is 9.82. The summed E-state index contributed by atoms with van der Waals surface area (Å²) in [6.45, 7) is 11.0. The summed E-state index contributed by atoms with van der Waals surface area (Å²) in [7, 11) is 1.09. The molecule has 0 aromatic carbocycles. The highest BCUT2D eigenvalue weighted by atomic mass is 16.6. The van der Waals surface area contributed by atoms with Crippen molar-refractivity contribution >= 4 is 23.6 Å². The Balaban J connectivity index is 6.86. The third-order valence-corrected chi connectivity index (χ3v) is 4.26. The molecule has 0 saturated carbocycles. The van der Waals surface area contributed by atoms with Crippen LogP contribution in [0.5, 0.6) is 0 Å². The van der Waals surface area contributed by atoms with Crippen LogP contribution in [0.3, 0.4) is 0 Å². The van der Waals surface area contributed by atoms with E-state index in [1.807, 2.05) is 6.07 Å². The molecule has 0 rings (SSSR count). The Morgan fingerprint density at radius 1 is 0.935 bits per heavy atom. The molecule has 0 fully saturated rings. The Bertz CT molecular complexity index is 732. The maximum atomic E-state index is 13.5. The smallest absolute Gasteiger partial charge is 0.411 e. The van der Waals surface area contributed by atoms with Crippen LogP contribution in [0.25, 0.3) is 0 Å². The lowest BCUT2D eigenvalue weighted by Crippen LogP contribution is -2.72. The van der Waals surface area contributed by atoms with E-state index in [1.54, 1.807) is 48.5 Å². The summed E-state index contributed by atoms with van der Waals surface area (Å²) in [6.07, 6.45) is -1.24. The van der Waals surface area contributed by atoms with E-state index < -0.39 is 52.5 Å². The molecule has 0 aromatic rings. The number of esters is 1. The fraction of sp³-hybridized carbons (Fsp3) is 0.762. The van der Waals surface area contributed by atoms with E-state index in [0.717, 1.165) is 7.05 Å².